The maximum Gasteiger partial charge on any atom is 0.323 e. The van der Waals surface area contributed by atoms with E-state index >= 15 is 0 Å². The first kappa shape index (κ1) is 20.8. The molecule has 3 N–H and O–H groups in total. The van der Waals surface area contributed by atoms with Gasteiger partial charge in [0.1, 0.15) is 6.04 Å². The number of ether oxygens (including phenoxy) is 1. The van der Waals surface area contributed by atoms with Crippen LogP contribution >= 0.6 is 23.2 Å². The van der Waals surface area contributed by atoms with Crippen LogP contribution in [0.4, 0.5) is 5.69 Å². The van der Waals surface area contributed by atoms with Gasteiger partial charge in [-0.05, 0) is 30.2 Å². The molecule has 0 saturated carbocycles. The second kappa shape index (κ2) is 9.51. The van der Waals surface area contributed by atoms with Gasteiger partial charge in [-0.3, -0.25) is 9.59 Å². The number of amides is 1. The maximum absolute atomic E-state index is 12.3. The van der Waals surface area contributed by atoms with E-state index in [0.717, 1.165) is 5.56 Å². The molecule has 0 radical (unpaired) electrons. The predicted molar refractivity (Wildman–Crippen MR) is 109 cm³/mol. The highest BCUT2D eigenvalue weighted by Crippen LogP contribution is 2.24. The van der Waals surface area contributed by atoms with Gasteiger partial charge in [-0.25, -0.2) is 4.68 Å². The van der Waals surface area contributed by atoms with Crippen LogP contribution in [0.1, 0.15) is 5.56 Å². The van der Waals surface area contributed by atoms with Crippen LogP contribution in [0.3, 0.4) is 0 Å². The highest BCUT2D eigenvalue weighted by molar-refractivity contribution is 6.31. The lowest BCUT2D eigenvalue weighted by Gasteiger charge is -2.13. The lowest BCUT2D eigenvalue weighted by Crippen LogP contribution is -2.36. The zero-order valence-electron chi connectivity index (χ0n) is 15.1. The van der Waals surface area contributed by atoms with Crippen molar-refractivity contribution < 1.29 is 14.3 Å². The number of carbonyl (C=O) groups excluding carboxylic acids is 2. The molecule has 2 aromatic carbocycles. The summed E-state index contributed by atoms with van der Waals surface area (Å²) in [5.41, 5.74) is 7.61. The van der Waals surface area contributed by atoms with Gasteiger partial charge in [0.05, 0.1) is 17.6 Å². The van der Waals surface area contributed by atoms with Crippen LogP contribution in [-0.2, 0) is 20.7 Å². The highest BCUT2D eigenvalue weighted by atomic mass is 35.5. The van der Waals surface area contributed by atoms with Crippen LogP contribution < -0.4 is 11.1 Å². The monoisotopic (exact) mass is 433 g/mol. The maximum atomic E-state index is 12.3. The topological polar surface area (TPSA) is 112 Å². The molecular weight excluding hydrogens is 417 g/mol. The molecule has 10 heteroatoms. The second-order valence-corrected chi connectivity index (χ2v) is 6.92. The van der Waals surface area contributed by atoms with Crippen LogP contribution in [-0.4, -0.2) is 39.5 Å². The van der Waals surface area contributed by atoms with Gasteiger partial charge in [0, 0.05) is 5.02 Å². The van der Waals surface area contributed by atoms with E-state index < -0.39 is 24.5 Å². The predicted octanol–water partition coefficient (Wildman–Crippen LogP) is 2.63. The summed E-state index contributed by atoms with van der Waals surface area (Å²) in [6, 6.07) is 13.2. The van der Waals surface area contributed by atoms with Gasteiger partial charge in [-0.15, -0.1) is 5.10 Å². The number of halogens is 2. The Hall–Kier alpha value is -2.94. The van der Waals surface area contributed by atoms with E-state index in [-0.39, 0.29) is 5.15 Å². The molecule has 1 aromatic heterocycles. The highest BCUT2D eigenvalue weighted by Gasteiger charge is 2.18. The molecule has 0 aliphatic rings. The Balaban J connectivity index is 1.59. The van der Waals surface area contributed by atoms with Crippen molar-refractivity contribution in [3.8, 4) is 5.69 Å². The van der Waals surface area contributed by atoms with Crippen LogP contribution in [0.5, 0.6) is 0 Å². The Bertz CT molecular complexity index is 1010. The molecule has 1 atom stereocenters. The van der Waals surface area contributed by atoms with E-state index in [9.17, 15) is 9.59 Å². The standard InChI is InChI=1S/C19H17Cl2N5O3/c20-13-6-7-16(26-10-17(21)24-25-26)15(9-13)23-18(27)11-29-19(28)14(22)8-12-4-2-1-3-5-12/h1-7,9-10,14H,8,11,22H2,(H,23,27)/t14-/m0/s1. The molecule has 0 aliphatic carbocycles. The third-order valence-corrected chi connectivity index (χ3v) is 4.30. The summed E-state index contributed by atoms with van der Waals surface area (Å²) in [7, 11) is 0. The summed E-state index contributed by atoms with van der Waals surface area (Å²) < 4.78 is 6.41. The SMILES string of the molecule is N[C@@H](Cc1ccccc1)C(=O)OCC(=O)Nc1cc(Cl)ccc1-n1cc(Cl)nn1. The number of hydrogen-bond acceptors (Lipinski definition) is 6. The zero-order valence-corrected chi connectivity index (χ0v) is 16.6. The van der Waals surface area contributed by atoms with Crippen molar-refractivity contribution in [1.29, 1.82) is 0 Å². The largest absolute Gasteiger partial charge is 0.454 e. The van der Waals surface area contributed by atoms with Crippen molar-refractivity contribution in [2.75, 3.05) is 11.9 Å². The number of benzene rings is 2. The Morgan fingerprint density at radius 2 is 1.93 bits per heavy atom. The molecule has 3 aromatic rings. The quantitative estimate of drug-likeness (QED) is 0.553. The third-order valence-electron chi connectivity index (χ3n) is 3.89. The van der Waals surface area contributed by atoms with E-state index in [1.165, 1.54) is 16.9 Å². The summed E-state index contributed by atoms with van der Waals surface area (Å²) in [5.74, 6) is -1.22. The van der Waals surface area contributed by atoms with Crippen LogP contribution in [0.15, 0.2) is 54.7 Å². The van der Waals surface area contributed by atoms with Gasteiger partial charge < -0.3 is 15.8 Å². The average Bonchev–Trinajstić information content (AvgIpc) is 3.13. The normalized spacial score (nSPS) is 11.7. The minimum atomic E-state index is -0.871. The number of aromatic nitrogens is 3. The average molecular weight is 434 g/mol. The molecule has 150 valence electrons. The fourth-order valence-electron chi connectivity index (χ4n) is 2.55. The first-order valence-electron chi connectivity index (χ1n) is 8.56. The molecule has 0 unspecified atom stereocenters. The van der Waals surface area contributed by atoms with E-state index in [2.05, 4.69) is 15.6 Å². The molecule has 0 spiro atoms. The number of nitrogens with zero attached hydrogens (tertiary/aromatic N) is 3. The van der Waals surface area contributed by atoms with Crippen molar-refractivity contribution in [2.45, 2.75) is 12.5 Å². The lowest BCUT2D eigenvalue weighted by molar-refractivity contribution is -0.148. The lowest BCUT2D eigenvalue weighted by atomic mass is 10.1. The van der Waals surface area contributed by atoms with Crippen molar-refractivity contribution >= 4 is 40.8 Å². The summed E-state index contributed by atoms with van der Waals surface area (Å²) in [5, 5.41) is 10.8. The zero-order chi connectivity index (χ0) is 20.8. The van der Waals surface area contributed by atoms with E-state index in [1.807, 2.05) is 30.3 Å². The second-order valence-electron chi connectivity index (χ2n) is 6.10. The summed E-state index contributed by atoms with van der Waals surface area (Å²) in [6.45, 7) is -0.495. The van der Waals surface area contributed by atoms with Crippen molar-refractivity contribution in [3.63, 3.8) is 0 Å². The molecule has 0 fully saturated rings. The van der Waals surface area contributed by atoms with Gasteiger partial charge in [0.2, 0.25) is 0 Å². The minimum absolute atomic E-state index is 0.193. The summed E-state index contributed by atoms with van der Waals surface area (Å²) in [6.07, 6.45) is 1.79. The number of anilines is 1. The molecule has 1 amide bonds. The molecule has 29 heavy (non-hydrogen) atoms. The van der Waals surface area contributed by atoms with Crippen molar-refractivity contribution in [1.82, 2.24) is 15.0 Å². The van der Waals surface area contributed by atoms with E-state index in [4.69, 9.17) is 33.7 Å². The number of nitrogens with two attached hydrogens (primary N) is 1. The van der Waals surface area contributed by atoms with Gasteiger partial charge >= 0.3 is 5.97 Å². The first-order chi connectivity index (χ1) is 13.9. The molecule has 0 aliphatic heterocycles. The van der Waals surface area contributed by atoms with Crippen molar-refractivity contribution in [3.05, 3.63) is 70.5 Å². The molecule has 8 nitrogen and oxygen atoms in total. The van der Waals surface area contributed by atoms with Gasteiger partial charge in [0.25, 0.3) is 5.91 Å². The minimum Gasteiger partial charge on any atom is -0.454 e. The Labute approximate surface area is 176 Å². The van der Waals surface area contributed by atoms with Gasteiger partial charge in [0.15, 0.2) is 11.8 Å². The molecule has 1 heterocycles. The van der Waals surface area contributed by atoms with Crippen LogP contribution in [0, 0.1) is 0 Å². The first-order valence-corrected chi connectivity index (χ1v) is 9.32. The van der Waals surface area contributed by atoms with Crippen LogP contribution in [0.2, 0.25) is 10.2 Å². The molecular formula is C19H17Cl2N5O3. The fraction of sp³-hybridized carbons (Fsp3) is 0.158. The third kappa shape index (κ3) is 5.77. The molecule has 0 saturated heterocycles. The molecule has 3 rings (SSSR count). The van der Waals surface area contributed by atoms with E-state index in [1.54, 1.807) is 12.1 Å². The van der Waals surface area contributed by atoms with Gasteiger partial charge in [-0.1, -0.05) is 58.7 Å². The van der Waals surface area contributed by atoms with E-state index in [0.29, 0.717) is 22.8 Å². The summed E-state index contributed by atoms with van der Waals surface area (Å²) in [4.78, 5) is 24.3. The van der Waals surface area contributed by atoms with Gasteiger partial charge in [-0.2, -0.15) is 0 Å². The smallest absolute Gasteiger partial charge is 0.323 e. The van der Waals surface area contributed by atoms with Crippen LogP contribution in [0.25, 0.3) is 5.69 Å². The number of hydrogen-bond donors (Lipinski definition) is 2. The fourth-order valence-corrected chi connectivity index (χ4v) is 2.85. The number of nitrogens with one attached hydrogen (secondary N) is 1. The summed E-state index contributed by atoms with van der Waals surface area (Å²) >= 11 is 11.8. The number of carbonyl (C=O) groups is 2. The Kier molecular flexibility index (Phi) is 6.82. The Morgan fingerprint density at radius 3 is 2.62 bits per heavy atom. The Morgan fingerprint density at radius 1 is 1.17 bits per heavy atom. The number of esters is 1. The number of rotatable bonds is 7. The van der Waals surface area contributed by atoms with Crippen molar-refractivity contribution in [2.24, 2.45) is 5.73 Å². The molecule has 0 bridgehead atoms.